The van der Waals surface area contributed by atoms with Crippen molar-refractivity contribution in [3.05, 3.63) is 29.6 Å². The zero-order valence-electron chi connectivity index (χ0n) is 14.0. The molecule has 2 rings (SSSR count). The second-order valence-corrected chi connectivity index (χ2v) is 7.59. The number of nitrogens with one attached hydrogen (secondary N) is 1. The zero-order valence-corrected chi connectivity index (χ0v) is 14.0. The number of hydrogen-bond acceptors (Lipinski definition) is 2. The highest BCUT2D eigenvalue weighted by molar-refractivity contribution is 5.55. The van der Waals surface area contributed by atoms with Crippen molar-refractivity contribution >= 4 is 5.69 Å². The molecule has 0 saturated carbocycles. The van der Waals surface area contributed by atoms with Crippen molar-refractivity contribution in [2.45, 2.75) is 53.1 Å². The fourth-order valence-corrected chi connectivity index (χ4v) is 2.95. The Morgan fingerprint density at radius 3 is 2.62 bits per heavy atom. The summed E-state index contributed by atoms with van der Waals surface area (Å²) in [5.74, 6) is 1.25. The van der Waals surface area contributed by atoms with E-state index in [1.165, 1.54) is 0 Å². The van der Waals surface area contributed by atoms with Crippen LogP contribution in [0.4, 0.5) is 10.1 Å². The highest BCUT2D eigenvalue weighted by Crippen LogP contribution is 2.32. The monoisotopic (exact) mass is 292 g/mol. The molecule has 1 aromatic carbocycles. The molecule has 0 amide bonds. The first-order chi connectivity index (χ1) is 9.78. The summed E-state index contributed by atoms with van der Waals surface area (Å²) in [6.07, 6.45) is 1.16. The minimum atomic E-state index is -0.0902. The van der Waals surface area contributed by atoms with Gasteiger partial charge in [0.2, 0.25) is 0 Å². The van der Waals surface area contributed by atoms with E-state index in [2.05, 4.69) is 44.8 Å². The molecule has 1 aromatic rings. The number of nitrogens with zero attached hydrogens (tertiary/aromatic N) is 1. The molecule has 0 spiro atoms. The van der Waals surface area contributed by atoms with E-state index in [4.69, 9.17) is 0 Å². The molecule has 2 nitrogen and oxygen atoms in total. The summed E-state index contributed by atoms with van der Waals surface area (Å²) in [6.45, 7) is 13.6. The summed E-state index contributed by atoms with van der Waals surface area (Å²) in [4.78, 5) is 2.24. The van der Waals surface area contributed by atoms with Crippen molar-refractivity contribution in [1.29, 1.82) is 0 Å². The van der Waals surface area contributed by atoms with Crippen molar-refractivity contribution in [1.82, 2.24) is 5.32 Å². The lowest BCUT2D eigenvalue weighted by Gasteiger charge is -2.26. The maximum Gasteiger partial charge on any atom is 0.146 e. The van der Waals surface area contributed by atoms with Crippen LogP contribution in [0.5, 0.6) is 0 Å². The molecule has 21 heavy (non-hydrogen) atoms. The van der Waals surface area contributed by atoms with Crippen LogP contribution in [0, 0.1) is 17.7 Å². The van der Waals surface area contributed by atoms with Gasteiger partial charge >= 0.3 is 0 Å². The second-order valence-electron chi connectivity index (χ2n) is 7.59. The van der Waals surface area contributed by atoms with Crippen LogP contribution in [0.2, 0.25) is 0 Å². The van der Waals surface area contributed by atoms with Gasteiger partial charge in [0, 0.05) is 25.2 Å². The Balaban J connectivity index is 2.18. The molecular weight excluding hydrogens is 263 g/mol. The normalized spacial score (nSPS) is 19.6. The van der Waals surface area contributed by atoms with Gasteiger partial charge in [-0.3, -0.25) is 0 Å². The van der Waals surface area contributed by atoms with Crippen LogP contribution in [0.25, 0.3) is 0 Å². The lowest BCUT2D eigenvalue weighted by atomic mass is 9.95. The van der Waals surface area contributed by atoms with E-state index < -0.39 is 0 Å². The molecule has 1 atom stereocenters. The minimum absolute atomic E-state index is 0.0368. The maximum atomic E-state index is 14.4. The highest BCUT2D eigenvalue weighted by atomic mass is 19.1. The third-order valence-corrected chi connectivity index (χ3v) is 4.36. The summed E-state index contributed by atoms with van der Waals surface area (Å²) >= 11 is 0. The molecule has 0 radical (unpaired) electrons. The molecule has 1 fully saturated rings. The first-order valence-electron chi connectivity index (χ1n) is 8.05. The third-order valence-electron chi connectivity index (χ3n) is 4.36. The zero-order chi connectivity index (χ0) is 15.6. The number of hydrogen-bond donors (Lipinski definition) is 1. The quantitative estimate of drug-likeness (QED) is 0.895. The van der Waals surface area contributed by atoms with E-state index >= 15 is 0 Å². The van der Waals surface area contributed by atoms with E-state index in [-0.39, 0.29) is 11.4 Å². The molecule has 118 valence electrons. The van der Waals surface area contributed by atoms with Crippen LogP contribution in [-0.2, 0) is 6.54 Å². The number of para-hydroxylation sites is 1. The van der Waals surface area contributed by atoms with Crippen molar-refractivity contribution in [2.75, 3.05) is 18.0 Å². The smallest absolute Gasteiger partial charge is 0.146 e. The van der Waals surface area contributed by atoms with Gasteiger partial charge in [0.1, 0.15) is 5.82 Å². The first-order valence-corrected chi connectivity index (χ1v) is 8.05. The summed E-state index contributed by atoms with van der Waals surface area (Å²) in [5.41, 5.74) is 1.90. The summed E-state index contributed by atoms with van der Waals surface area (Å²) in [5, 5.41) is 3.47. The van der Waals surface area contributed by atoms with Gasteiger partial charge in [0.25, 0.3) is 0 Å². The van der Waals surface area contributed by atoms with Crippen LogP contribution in [0.1, 0.15) is 46.6 Å². The van der Waals surface area contributed by atoms with Gasteiger partial charge in [0.15, 0.2) is 0 Å². The molecule has 1 aliphatic heterocycles. The van der Waals surface area contributed by atoms with Gasteiger partial charge in [-0.1, -0.05) is 26.0 Å². The van der Waals surface area contributed by atoms with Crippen molar-refractivity contribution in [2.24, 2.45) is 11.8 Å². The number of benzene rings is 1. The number of halogens is 1. The van der Waals surface area contributed by atoms with Crippen LogP contribution < -0.4 is 10.2 Å². The van der Waals surface area contributed by atoms with Crippen molar-refractivity contribution in [3.8, 4) is 0 Å². The number of anilines is 1. The third kappa shape index (κ3) is 4.19. The van der Waals surface area contributed by atoms with Gasteiger partial charge in [-0.05, 0) is 50.7 Å². The lowest BCUT2D eigenvalue weighted by Crippen LogP contribution is -2.35. The maximum absolute atomic E-state index is 14.4. The topological polar surface area (TPSA) is 15.3 Å². The molecule has 0 bridgehead atoms. The molecule has 1 heterocycles. The fraction of sp³-hybridized carbons (Fsp3) is 0.667. The minimum Gasteiger partial charge on any atom is -0.369 e. The van der Waals surface area contributed by atoms with E-state index in [0.717, 1.165) is 30.8 Å². The van der Waals surface area contributed by atoms with Gasteiger partial charge in [-0.2, -0.15) is 0 Å². The Morgan fingerprint density at radius 1 is 1.33 bits per heavy atom. The van der Waals surface area contributed by atoms with E-state index in [1.54, 1.807) is 6.07 Å². The predicted molar refractivity (Wildman–Crippen MR) is 88.2 cm³/mol. The van der Waals surface area contributed by atoms with Crippen molar-refractivity contribution < 1.29 is 4.39 Å². The molecule has 1 aliphatic rings. The van der Waals surface area contributed by atoms with Crippen LogP contribution in [0.15, 0.2) is 18.2 Å². The highest BCUT2D eigenvalue weighted by Gasteiger charge is 2.28. The molecule has 1 N–H and O–H groups in total. The van der Waals surface area contributed by atoms with Gasteiger partial charge in [0.05, 0.1) is 5.69 Å². The molecular formula is C18H29FN2. The summed E-state index contributed by atoms with van der Waals surface area (Å²) in [7, 11) is 0. The van der Waals surface area contributed by atoms with Crippen LogP contribution in [-0.4, -0.2) is 18.6 Å². The Morgan fingerprint density at radius 2 is 2.05 bits per heavy atom. The largest absolute Gasteiger partial charge is 0.369 e. The second kappa shape index (κ2) is 6.35. The van der Waals surface area contributed by atoms with Crippen LogP contribution in [0.3, 0.4) is 0 Å². The first kappa shape index (κ1) is 16.3. The average molecular weight is 292 g/mol. The van der Waals surface area contributed by atoms with Crippen LogP contribution >= 0.6 is 0 Å². The Hall–Kier alpha value is -1.09. The molecule has 0 aromatic heterocycles. The van der Waals surface area contributed by atoms with Gasteiger partial charge < -0.3 is 10.2 Å². The lowest BCUT2D eigenvalue weighted by molar-refractivity contribution is 0.420. The predicted octanol–water partition coefficient (Wildman–Crippen LogP) is 4.20. The van der Waals surface area contributed by atoms with E-state index in [1.807, 2.05) is 12.1 Å². The van der Waals surface area contributed by atoms with E-state index in [9.17, 15) is 4.39 Å². The van der Waals surface area contributed by atoms with Gasteiger partial charge in [-0.25, -0.2) is 4.39 Å². The molecule has 1 unspecified atom stereocenters. The average Bonchev–Trinajstić information content (AvgIpc) is 2.85. The summed E-state index contributed by atoms with van der Waals surface area (Å²) in [6, 6.07) is 5.44. The Kier molecular flexibility index (Phi) is 4.92. The standard InChI is InChI=1S/C18H29FN2/c1-13(2)15-9-10-21(12-15)17-14(7-6-8-16(17)19)11-20-18(3,4)5/h6-8,13,15,20H,9-12H2,1-5H3. The molecule has 3 heteroatoms. The van der Waals surface area contributed by atoms with E-state index in [0.29, 0.717) is 18.4 Å². The molecule has 0 aliphatic carbocycles. The summed E-state index contributed by atoms with van der Waals surface area (Å²) < 4.78 is 14.4. The molecule has 1 saturated heterocycles. The SMILES string of the molecule is CC(C)C1CCN(c2c(F)cccc2CNC(C)(C)C)C1. The van der Waals surface area contributed by atoms with Crippen molar-refractivity contribution in [3.63, 3.8) is 0 Å². The van der Waals surface area contributed by atoms with Gasteiger partial charge in [-0.15, -0.1) is 0 Å². The number of rotatable bonds is 4. The fourth-order valence-electron chi connectivity index (χ4n) is 2.95. The Bertz CT molecular complexity index is 477. The Labute approximate surface area is 128 Å².